The van der Waals surface area contributed by atoms with Crippen molar-refractivity contribution in [3.63, 3.8) is 0 Å². The number of nitrogens with one attached hydrogen (secondary N) is 2. The van der Waals surface area contributed by atoms with Crippen LogP contribution in [0.25, 0.3) is 0 Å². The van der Waals surface area contributed by atoms with Gasteiger partial charge in [0, 0.05) is 25.2 Å². The minimum Gasteiger partial charge on any atom is -0.465 e. The Morgan fingerprint density at radius 1 is 1.44 bits per heavy atom. The lowest BCUT2D eigenvalue weighted by Gasteiger charge is -2.32. The standard InChI is InChI=1S/C10H19N3O3/c1-10(2,3)12-8(14)7-6-13(9(15)16)5-4-11-7/h7,11H,4-6H2,1-3H3,(H,12,14)(H,15,16)/t7-/m1/s1. The molecule has 0 unspecified atom stereocenters. The lowest BCUT2D eigenvalue weighted by Crippen LogP contribution is -2.60. The van der Waals surface area contributed by atoms with Gasteiger partial charge >= 0.3 is 6.09 Å². The van der Waals surface area contributed by atoms with Gasteiger partial charge < -0.3 is 20.6 Å². The number of amides is 2. The van der Waals surface area contributed by atoms with Gasteiger partial charge in [-0.05, 0) is 20.8 Å². The highest BCUT2D eigenvalue weighted by atomic mass is 16.4. The molecule has 0 saturated carbocycles. The first-order valence-corrected chi connectivity index (χ1v) is 5.33. The normalized spacial score (nSPS) is 21.7. The van der Waals surface area contributed by atoms with Crippen molar-refractivity contribution >= 4 is 12.0 Å². The minimum atomic E-state index is -0.977. The first kappa shape index (κ1) is 12.8. The smallest absolute Gasteiger partial charge is 0.407 e. The monoisotopic (exact) mass is 229 g/mol. The highest BCUT2D eigenvalue weighted by Gasteiger charge is 2.29. The van der Waals surface area contributed by atoms with Gasteiger partial charge in [0.15, 0.2) is 0 Å². The van der Waals surface area contributed by atoms with Crippen LogP contribution in [-0.4, -0.2) is 53.2 Å². The zero-order valence-electron chi connectivity index (χ0n) is 9.91. The Balaban J connectivity index is 2.54. The molecule has 2 amide bonds. The Kier molecular flexibility index (Phi) is 3.74. The van der Waals surface area contributed by atoms with E-state index < -0.39 is 12.1 Å². The van der Waals surface area contributed by atoms with Crippen molar-refractivity contribution < 1.29 is 14.7 Å². The number of carbonyl (C=O) groups excluding carboxylic acids is 1. The van der Waals surface area contributed by atoms with E-state index in [1.54, 1.807) is 0 Å². The highest BCUT2D eigenvalue weighted by molar-refractivity contribution is 5.83. The molecule has 16 heavy (non-hydrogen) atoms. The molecule has 1 aliphatic rings. The van der Waals surface area contributed by atoms with Crippen molar-refractivity contribution in [1.29, 1.82) is 0 Å². The highest BCUT2D eigenvalue weighted by Crippen LogP contribution is 2.03. The molecule has 1 rings (SSSR count). The Bertz CT molecular complexity index is 286. The molecule has 0 aromatic carbocycles. The first-order chi connectivity index (χ1) is 7.29. The van der Waals surface area contributed by atoms with E-state index in [4.69, 9.17) is 5.11 Å². The van der Waals surface area contributed by atoms with Crippen LogP contribution in [0.5, 0.6) is 0 Å². The average Bonchev–Trinajstić information content (AvgIpc) is 2.15. The number of piperazine rings is 1. The van der Waals surface area contributed by atoms with Gasteiger partial charge in [-0.2, -0.15) is 0 Å². The maximum absolute atomic E-state index is 11.8. The second-order valence-corrected chi connectivity index (χ2v) is 4.97. The quantitative estimate of drug-likeness (QED) is 0.584. The summed E-state index contributed by atoms with van der Waals surface area (Å²) in [6, 6.07) is -0.455. The van der Waals surface area contributed by atoms with Gasteiger partial charge in [0.25, 0.3) is 0 Å². The second-order valence-electron chi connectivity index (χ2n) is 4.97. The molecule has 6 nitrogen and oxygen atoms in total. The Morgan fingerprint density at radius 2 is 2.06 bits per heavy atom. The summed E-state index contributed by atoms with van der Waals surface area (Å²) in [5, 5.41) is 14.7. The lowest BCUT2D eigenvalue weighted by atomic mass is 10.1. The largest absolute Gasteiger partial charge is 0.465 e. The fraction of sp³-hybridized carbons (Fsp3) is 0.800. The molecule has 0 bridgehead atoms. The third-order valence-electron chi connectivity index (χ3n) is 2.26. The van der Waals surface area contributed by atoms with Gasteiger partial charge in [0.2, 0.25) is 5.91 Å². The summed E-state index contributed by atoms with van der Waals surface area (Å²) in [6.07, 6.45) is -0.977. The maximum Gasteiger partial charge on any atom is 0.407 e. The van der Waals surface area contributed by atoms with Crippen LogP contribution in [0, 0.1) is 0 Å². The summed E-state index contributed by atoms with van der Waals surface area (Å²) >= 11 is 0. The predicted octanol–water partition coefficient (Wildman–Crippen LogP) is -0.147. The van der Waals surface area contributed by atoms with Crippen molar-refractivity contribution in [3.8, 4) is 0 Å². The number of hydrogen-bond donors (Lipinski definition) is 3. The summed E-state index contributed by atoms with van der Waals surface area (Å²) in [5.41, 5.74) is -0.301. The van der Waals surface area contributed by atoms with Crippen LogP contribution in [0.1, 0.15) is 20.8 Å². The summed E-state index contributed by atoms with van der Waals surface area (Å²) in [5.74, 6) is -0.154. The van der Waals surface area contributed by atoms with Crippen LogP contribution in [0.2, 0.25) is 0 Å². The molecule has 1 fully saturated rings. The fourth-order valence-electron chi connectivity index (χ4n) is 1.56. The maximum atomic E-state index is 11.8. The van der Waals surface area contributed by atoms with Crippen LogP contribution in [0.4, 0.5) is 4.79 Å². The zero-order chi connectivity index (χ0) is 12.3. The van der Waals surface area contributed by atoms with Crippen LogP contribution in [0.15, 0.2) is 0 Å². The van der Waals surface area contributed by atoms with Gasteiger partial charge in [0.1, 0.15) is 6.04 Å². The predicted molar refractivity (Wildman–Crippen MR) is 59.3 cm³/mol. The molecule has 92 valence electrons. The van der Waals surface area contributed by atoms with E-state index >= 15 is 0 Å². The third kappa shape index (κ3) is 3.69. The Labute approximate surface area is 95.0 Å². The Morgan fingerprint density at radius 3 is 2.56 bits per heavy atom. The van der Waals surface area contributed by atoms with Crippen molar-refractivity contribution in [1.82, 2.24) is 15.5 Å². The Hall–Kier alpha value is -1.30. The number of carbonyl (C=O) groups is 2. The van der Waals surface area contributed by atoms with E-state index in [1.165, 1.54) is 4.90 Å². The number of nitrogens with zero attached hydrogens (tertiary/aromatic N) is 1. The fourth-order valence-corrected chi connectivity index (χ4v) is 1.56. The van der Waals surface area contributed by atoms with Crippen LogP contribution >= 0.6 is 0 Å². The van der Waals surface area contributed by atoms with Gasteiger partial charge in [-0.3, -0.25) is 4.79 Å². The third-order valence-corrected chi connectivity index (χ3v) is 2.26. The molecule has 0 aliphatic carbocycles. The minimum absolute atomic E-state index is 0.154. The number of hydrogen-bond acceptors (Lipinski definition) is 3. The van der Waals surface area contributed by atoms with Crippen molar-refractivity contribution in [3.05, 3.63) is 0 Å². The molecule has 0 radical (unpaired) electrons. The summed E-state index contributed by atoms with van der Waals surface area (Å²) < 4.78 is 0. The molecule has 1 atom stereocenters. The molecule has 1 aliphatic heterocycles. The van der Waals surface area contributed by atoms with Gasteiger partial charge in [-0.1, -0.05) is 0 Å². The van der Waals surface area contributed by atoms with Crippen molar-refractivity contribution in [2.24, 2.45) is 0 Å². The van der Waals surface area contributed by atoms with E-state index in [0.717, 1.165) is 0 Å². The molecule has 1 heterocycles. The van der Waals surface area contributed by atoms with Crippen molar-refractivity contribution in [2.45, 2.75) is 32.4 Å². The van der Waals surface area contributed by atoms with Crippen LogP contribution in [0.3, 0.4) is 0 Å². The van der Waals surface area contributed by atoms with Crippen LogP contribution in [-0.2, 0) is 4.79 Å². The van der Waals surface area contributed by atoms with Gasteiger partial charge in [-0.15, -0.1) is 0 Å². The average molecular weight is 229 g/mol. The van der Waals surface area contributed by atoms with Crippen molar-refractivity contribution in [2.75, 3.05) is 19.6 Å². The van der Waals surface area contributed by atoms with E-state index in [2.05, 4.69) is 10.6 Å². The van der Waals surface area contributed by atoms with E-state index in [1.807, 2.05) is 20.8 Å². The SMILES string of the molecule is CC(C)(C)NC(=O)[C@H]1CN(C(=O)O)CCN1. The molecule has 0 aromatic rings. The number of carboxylic acid groups (broad SMARTS) is 1. The van der Waals surface area contributed by atoms with Crippen LogP contribution < -0.4 is 10.6 Å². The molecule has 0 spiro atoms. The van der Waals surface area contributed by atoms with Gasteiger partial charge in [-0.25, -0.2) is 4.79 Å². The number of rotatable bonds is 1. The van der Waals surface area contributed by atoms with Gasteiger partial charge in [0.05, 0.1) is 0 Å². The lowest BCUT2D eigenvalue weighted by molar-refractivity contribution is -0.125. The molecular weight excluding hydrogens is 210 g/mol. The molecule has 1 saturated heterocycles. The molecule has 6 heteroatoms. The summed E-state index contributed by atoms with van der Waals surface area (Å²) in [4.78, 5) is 23.8. The van der Waals surface area contributed by atoms with E-state index in [9.17, 15) is 9.59 Å². The zero-order valence-corrected chi connectivity index (χ0v) is 9.91. The molecular formula is C10H19N3O3. The molecule has 3 N–H and O–H groups in total. The first-order valence-electron chi connectivity index (χ1n) is 5.33. The van der Waals surface area contributed by atoms with E-state index in [-0.39, 0.29) is 18.0 Å². The summed E-state index contributed by atoms with van der Waals surface area (Å²) in [6.45, 7) is 6.81. The summed E-state index contributed by atoms with van der Waals surface area (Å²) in [7, 11) is 0. The van der Waals surface area contributed by atoms with E-state index in [0.29, 0.717) is 13.1 Å². The topological polar surface area (TPSA) is 81.7 Å². The molecule has 0 aromatic heterocycles. The second kappa shape index (κ2) is 4.69.